The average molecular weight is 1980 g/mol. The van der Waals surface area contributed by atoms with Crippen LogP contribution in [0.2, 0.25) is 0 Å². The van der Waals surface area contributed by atoms with Crippen LogP contribution in [0.25, 0.3) is 56.3 Å². The molecule has 0 aliphatic heterocycles. The fourth-order valence-electron chi connectivity index (χ4n) is 27.7. The third-order valence-electron chi connectivity index (χ3n) is 34.6. The highest BCUT2D eigenvalue weighted by atomic mass is 16.5. The third-order valence-corrected chi connectivity index (χ3v) is 34.6. The Labute approximate surface area is 880 Å². The first kappa shape index (κ1) is 107. The minimum atomic E-state index is -0.277. The summed E-state index contributed by atoms with van der Waals surface area (Å²) in [6.07, 6.45) is 28.0. The van der Waals surface area contributed by atoms with E-state index in [0.717, 1.165) is 125 Å². The van der Waals surface area contributed by atoms with E-state index in [2.05, 4.69) is 300 Å². The number of aryl methyl sites for hydroxylation is 5. The van der Waals surface area contributed by atoms with E-state index >= 15 is 0 Å². The van der Waals surface area contributed by atoms with Gasteiger partial charge in [0, 0.05) is 167 Å². The molecule has 17 nitrogen and oxygen atoms in total. The molecule has 10 aliphatic carbocycles. The number of carbonyl (C=O) groups is 4. The van der Waals surface area contributed by atoms with Crippen molar-refractivity contribution in [1.29, 1.82) is 0 Å². The molecule has 768 valence electrons. The molecule has 0 bridgehead atoms. The number of ketones is 4. The van der Waals surface area contributed by atoms with Crippen LogP contribution in [-0.2, 0) is 146 Å². The van der Waals surface area contributed by atoms with E-state index in [9.17, 15) is 24.3 Å². The van der Waals surface area contributed by atoms with E-state index in [1.165, 1.54) is 131 Å². The predicted octanol–water partition coefficient (Wildman–Crippen LogP) is 27.9. The van der Waals surface area contributed by atoms with E-state index in [1.807, 2.05) is 96.0 Å². The van der Waals surface area contributed by atoms with Crippen LogP contribution in [0.5, 0.6) is 0 Å². The molecule has 2 saturated carbocycles. The Hall–Kier alpha value is -14.1. The number of benzene rings is 9. The van der Waals surface area contributed by atoms with Crippen molar-refractivity contribution in [2.75, 3.05) is 0 Å². The largest absolute Gasteiger partial charge is 0.515 e. The van der Waals surface area contributed by atoms with Crippen molar-refractivity contribution in [1.82, 2.24) is 54.1 Å². The lowest BCUT2D eigenvalue weighted by atomic mass is 9.54. The highest BCUT2D eigenvalue weighted by Gasteiger charge is 2.57. The van der Waals surface area contributed by atoms with Gasteiger partial charge in [-0.1, -0.05) is 369 Å². The van der Waals surface area contributed by atoms with Crippen LogP contribution in [-0.4, -0.2) is 82.3 Å². The number of carbonyl (C=O) groups excluding carboxylic acids is 4. The Balaban J connectivity index is 0.000000138. The van der Waals surface area contributed by atoms with Crippen LogP contribution in [0.15, 0.2) is 320 Å². The zero-order chi connectivity index (χ0) is 99.9. The molecule has 148 heavy (non-hydrogen) atoms. The Morgan fingerprint density at radius 2 is 0.669 bits per heavy atom. The lowest BCUT2D eigenvalue weighted by Crippen LogP contribution is -2.49. The number of aliphatic hydroxyl groups is 1. The molecule has 0 amide bonds. The maximum Gasteiger partial charge on any atom is 0.165 e. The molecule has 2 fully saturated rings. The standard InChI is InChI=1S/C27H27N3O.C27H28N2O2.C26H28N2O.C26H26N2O.C19H20N2O.6CH4/c1-27-16-20-17-28-31-25(20)22(15-18-9-5-3-6-10-18)23(27)14-13-21-24(30(2)29-26(21)27)19-11-7-4-8-12-19;1-27-16-20(17-30)25(31)22(15-18-9-5-3-6-10-18)23(27)14-13-21-24(29(2)28-26(21)27)19-11-7-4-8-12-19;2*1-26-16-15-23(29)21(17-18-9-5-3-6-10-18)22(26)14-13-20-24(28(2)27-25(20)26)19-11-7-4-8-12-19;1-19-11-10-15(22)12-14(19)8-9-16-17(21(2)20-18(16)19)13-6-4-3-5-7-13;;;;;;/h3-12,17,22-23H,13-16H2,1-2H3;3-12,17,22-23,30H,13-16H2,1-2H3;3-12,21-22H,13-17H2,1-2H3;3-12,15-16,21-22H,13-14,17H2,1-2H3;3-7,10-11,14H,8-9,12H2,1-2H3;6*1H4/b;20-17-;;;;;;;;;/t2*22-,23-,27-;2*21-,22-,26-;14-,19-;;;;;;/m00000....../s1/i;;;;;1T;;;;;. The molecule has 6 aromatic heterocycles. The van der Waals surface area contributed by atoms with Gasteiger partial charge < -0.3 is 9.63 Å². The summed E-state index contributed by atoms with van der Waals surface area (Å²) in [6, 6.07) is 94.6. The predicted molar refractivity (Wildman–Crippen MR) is 601 cm³/mol. The van der Waals surface area contributed by atoms with Crippen molar-refractivity contribution >= 4 is 23.1 Å². The summed E-state index contributed by atoms with van der Waals surface area (Å²) in [7, 11) is 11.5. The summed E-state index contributed by atoms with van der Waals surface area (Å²) in [6.45, 7) is 11.5. The lowest BCUT2D eigenvalue weighted by molar-refractivity contribution is -0.129. The number of aromatic nitrogens is 11. The summed E-state index contributed by atoms with van der Waals surface area (Å²) in [4.78, 5) is 50.9. The molecule has 25 rings (SSSR count). The second-order valence-electron chi connectivity index (χ2n) is 42.9. The van der Waals surface area contributed by atoms with E-state index in [0.29, 0.717) is 60.7 Å². The molecule has 9 aromatic carbocycles. The smallest absolute Gasteiger partial charge is 0.165 e. The Kier molecular flexibility index (Phi) is 32.1. The summed E-state index contributed by atoms with van der Waals surface area (Å²) in [5, 5.41) is 39.2. The quantitative estimate of drug-likeness (QED) is 0.0846. The van der Waals surface area contributed by atoms with Crippen LogP contribution in [0.4, 0.5) is 0 Å². The first-order valence-corrected chi connectivity index (χ1v) is 51.5. The van der Waals surface area contributed by atoms with Gasteiger partial charge in [-0.15, -0.1) is 0 Å². The lowest BCUT2D eigenvalue weighted by Gasteiger charge is -2.48. The van der Waals surface area contributed by atoms with Gasteiger partial charge >= 0.3 is 0 Å². The monoisotopic (exact) mass is 1980 g/mol. The van der Waals surface area contributed by atoms with E-state index < -0.39 is 0 Å². The van der Waals surface area contributed by atoms with Crippen LogP contribution >= 0.6 is 0 Å². The van der Waals surface area contributed by atoms with Crippen LogP contribution in [0.3, 0.4) is 0 Å². The van der Waals surface area contributed by atoms with Gasteiger partial charge in [0.2, 0.25) is 0 Å². The van der Waals surface area contributed by atoms with Gasteiger partial charge in [0.1, 0.15) is 11.5 Å². The number of fused-ring (bicyclic) bond motifs is 16. The number of rotatable bonds is 13. The number of hydrogen-bond donors (Lipinski definition) is 1. The second-order valence-corrected chi connectivity index (χ2v) is 42.9. The highest BCUT2D eigenvalue weighted by molar-refractivity contribution is 5.99. The van der Waals surface area contributed by atoms with Crippen molar-refractivity contribution < 1.29 is 30.2 Å². The number of nitrogens with zero attached hydrogens (tertiary/aromatic N) is 11. The van der Waals surface area contributed by atoms with Crippen LogP contribution in [0, 0.1) is 47.3 Å². The Morgan fingerprint density at radius 3 is 1.07 bits per heavy atom. The first-order valence-electron chi connectivity index (χ1n) is 52.5. The van der Waals surface area contributed by atoms with Crippen molar-refractivity contribution in [3.8, 4) is 56.3 Å². The molecular weight excluding hydrogens is 1820 g/mol. The van der Waals surface area contributed by atoms with Crippen LogP contribution < -0.4 is 0 Å². The van der Waals surface area contributed by atoms with Crippen molar-refractivity contribution in [2.45, 2.75) is 234 Å². The number of allylic oxidation sites excluding steroid dienone is 5. The van der Waals surface area contributed by atoms with E-state index in [4.69, 9.17) is 31.4 Å². The van der Waals surface area contributed by atoms with Gasteiger partial charge in [-0.25, -0.2) is 0 Å². The maximum atomic E-state index is 13.3. The number of hydrogen-bond acceptors (Lipinski definition) is 12. The van der Waals surface area contributed by atoms with E-state index in [1.54, 1.807) is 6.08 Å². The highest BCUT2D eigenvalue weighted by Crippen LogP contribution is 2.60. The van der Waals surface area contributed by atoms with Gasteiger partial charge in [-0.05, 0) is 173 Å². The molecule has 1 N–H and O–H groups in total. The summed E-state index contributed by atoms with van der Waals surface area (Å²) < 4.78 is 21.8. The SMILES string of the molecule is C.C.C.C.C.Cn1nc2c(c1-c1ccccc1)CC[C@H]1CC(=O)C=C[C@]21C.Cn1nc2c(c1-c1ccccc1)CC[C@H]1[C@H](Cc3ccccc3)C(=O)/C(=C\O)C[C@]21C.Cn1nc2c(c1-c1ccccc1)CC[C@H]1[C@H](Cc3ccccc3)C(=O)C=C[C@]21C.Cn1nc2c(c1-c1ccccc1)CC[C@H]1[C@H](Cc3ccccc3)C(=O)CC[C@]21C.Cn1nc2c(c1-c1ccccc1)CC[C@H]1[C@H](Cc3ccccc3)c3oncc3C[C@]21C.[3H]C. The average Bonchev–Trinajstić information content (AvgIpc) is 1.56. The number of aliphatic hydroxyl groups excluding tert-OH is 1. The molecule has 17 heteroatoms. The normalized spacial score (nSPS) is 24.8. The summed E-state index contributed by atoms with van der Waals surface area (Å²) in [5.41, 5.74) is 31.1. The fraction of sp³-hybridized carbons (Fsp3) is 0.374. The molecule has 0 saturated heterocycles. The van der Waals surface area contributed by atoms with Gasteiger partial charge in [0.15, 0.2) is 17.3 Å². The molecule has 0 radical (unpaired) electrons. The molecule has 10 aliphatic rings. The first-order chi connectivity index (χ1) is 69.9. The molecular formula is C131H153N11O6. The molecule has 6 heterocycles. The zero-order valence-electron chi connectivity index (χ0n) is 85.5. The zero-order valence-corrected chi connectivity index (χ0v) is 84.5. The Bertz CT molecular complexity index is 7270. The molecule has 0 spiro atoms. The molecule has 14 atom stereocenters. The second kappa shape index (κ2) is 44.5. The van der Waals surface area contributed by atoms with Crippen LogP contribution in [0.1, 0.15) is 234 Å². The maximum absolute atomic E-state index is 13.3. The van der Waals surface area contributed by atoms with E-state index in [-0.39, 0.29) is 111 Å². The summed E-state index contributed by atoms with van der Waals surface area (Å²) >= 11 is 0. The van der Waals surface area contributed by atoms with Gasteiger partial charge in [0.05, 0.1) is 69.4 Å². The minimum absolute atomic E-state index is 0. The molecule has 0 unspecified atom stereocenters. The third kappa shape index (κ3) is 19.7. The van der Waals surface area contributed by atoms with Crippen molar-refractivity contribution in [3.63, 3.8) is 0 Å². The van der Waals surface area contributed by atoms with Crippen molar-refractivity contribution in [3.05, 3.63) is 405 Å². The van der Waals surface area contributed by atoms with Gasteiger partial charge in [-0.2, -0.15) is 25.5 Å². The molecule has 15 aromatic rings. The Morgan fingerprint density at radius 1 is 0.358 bits per heavy atom. The van der Waals surface area contributed by atoms with Crippen molar-refractivity contribution in [2.24, 2.45) is 82.6 Å². The minimum Gasteiger partial charge on any atom is -0.515 e. The summed E-state index contributed by atoms with van der Waals surface area (Å²) in [5.74, 6) is 4.18. The topological polar surface area (TPSA) is 204 Å². The fourth-order valence-corrected chi connectivity index (χ4v) is 27.7. The van der Waals surface area contributed by atoms with Gasteiger partial charge in [0.25, 0.3) is 0 Å². The number of Topliss-reactive ketones (excluding diaryl/α,β-unsaturated/α-hetero) is 2. The van der Waals surface area contributed by atoms with Gasteiger partial charge in [-0.3, -0.25) is 42.6 Å².